The molecule has 0 aromatic carbocycles. The Morgan fingerprint density at radius 3 is 3.00 bits per heavy atom. The topological polar surface area (TPSA) is 24.9 Å². The first-order valence-electron chi connectivity index (χ1n) is 4.68. The van der Waals surface area contributed by atoms with E-state index in [2.05, 4.69) is 16.4 Å². The highest BCUT2D eigenvalue weighted by Crippen LogP contribution is 2.08. The van der Waals surface area contributed by atoms with Gasteiger partial charge in [0.1, 0.15) is 0 Å². The number of rotatable bonds is 4. The summed E-state index contributed by atoms with van der Waals surface area (Å²) in [5.41, 5.74) is 1.27. The number of hydrogen-bond acceptors (Lipinski definition) is 2. The van der Waals surface area contributed by atoms with E-state index in [-0.39, 0.29) is 5.82 Å². The van der Waals surface area contributed by atoms with Crippen LogP contribution in [-0.4, -0.2) is 11.5 Å². The van der Waals surface area contributed by atoms with E-state index in [1.165, 1.54) is 11.6 Å². The van der Waals surface area contributed by atoms with Crippen molar-refractivity contribution >= 4 is 5.82 Å². The van der Waals surface area contributed by atoms with E-state index in [4.69, 9.17) is 0 Å². The number of aromatic nitrogens is 1. The Kier molecular flexibility index (Phi) is 4.11. The maximum atomic E-state index is 13.0. The molecule has 3 heteroatoms. The second kappa shape index (κ2) is 5.37. The third kappa shape index (κ3) is 3.56. The second-order valence-corrected chi connectivity index (χ2v) is 3.33. The molecular formula is C11H15FN2. The van der Waals surface area contributed by atoms with Gasteiger partial charge in [-0.15, -0.1) is 0 Å². The first-order valence-corrected chi connectivity index (χ1v) is 4.68. The van der Waals surface area contributed by atoms with Crippen LogP contribution < -0.4 is 5.32 Å². The zero-order chi connectivity index (χ0) is 10.4. The number of allylic oxidation sites excluding steroid dienone is 1. The van der Waals surface area contributed by atoms with Crippen molar-refractivity contribution < 1.29 is 4.39 Å². The van der Waals surface area contributed by atoms with Gasteiger partial charge in [-0.3, -0.25) is 0 Å². The first-order chi connectivity index (χ1) is 6.70. The normalized spacial score (nSPS) is 9.64. The summed E-state index contributed by atoms with van der Waals surface area (Å²) in [6.07, 6.45) is 4.57. The van der Waals surface area contributed by atoms with Gasteiger partial charge < -0.3 is 5.32 Å². The minimum absolute atomic E-state index is 0.301. The summed E-state index contributed by atoms with van der Waals surface area (Å²) in [4.78, 5) is 3.89. The summed E-state index contributed by atoms with van der Waals surface area (Å²) in [5, 5.41) is 2.94. The minimum atomic E-state index is -0.301. The molecule has 1 heterocycles. The largest absolute Gasteiger partial charge is 0.367 e. The molecule has 0 spiro atoms. The Bertz CT molecular complexity index is 317. The molecule has 0 aliphatic carbocycles. The predicted octanol–water partition coefficient (Wildman–Crippen LogP) is 2.99. The zero-order valence-electron chi connectivity index (χ0n) is 8.55. The third-order valence-electron chi connectivity index (χ3n) is 1.75. The third-order valence-corrected chi connectivity index (χ3v) is 1.75. The van der Waals surface area contributed by atoms with Crippen LogP contribution in [0, 0.1) is 5.82 Å². The Morgan fingerprint density at radius 1 is 1.57 bits per heavy atom. The van der Waals surface area contributed by atoms with Crippen molar-refractivity contribution in [2.24, 2.45) is 0 Å². The van der Waals surface area contributed by atoms with Crippen LogP contribution in [0.4, 0.5) is 10.2 Å². The van der Waals surface area contributed by atoms with Gasteiger partial charge in [0.2, 0.25) is 0 Å². The Morgan fingerprint density at radius 2 is 2.36 bits per heavy atom. The molecule has 0 amide bonds. The fraction of sp³-hybridized carbons (Fsp3) is 0.364. The van der Waals surface area contributed by atoms with Crippen molar-refractivity contribution in [3.8, 4) is 0 Å². The van der Waals surface area contributed by atoms with Crippen molar-refractivity contribution in [3.05, 3.63) is 35.8 Å². The van der Waals surface area contributed by atoms with Gasteiger partial charge in [0.15, 0.2) is 11.6 Å². The van der Waals surface area contributed by atoms with Crippen molar-refractivity contribution in [1.29, 1.82) is 0 Å². The van der Waals surface area contributed by atoms with Gasteiger partial charge in [-0.05, 0) is 32.4 Å². The van der Waals surface area contributed by atoms with Gasteiger partial charge in [-0.25, -0.2) is 9.37 Å². The average molecular weight is 194 g/mol. The number of halogens is 1. The maximum absolute atomic E-state index is 13.0. The quantitative estimate of drug-likeness (QED) is 0.588. The van der Waals surface area contributed by atoms with Crippen LogP contribution in [0.25, 0.3) is 0 Å². The Hall–Kier alpha value is -1.38. The highest BCUT2D eigenvalue weighted by atomic mass is 19.1. The van der Waals surface area contributed by atoms with E-state index < -0.39 is 0 Å². The van der Waals surface area contributed by atoms with Gasteiger partial charge in [0.05, 0.1) is 0 Å². The number of nitrogens with zero attached hydrogens (tertiary/aromatic N) is 1. The van der Waals surface area contributed by atoms with Gasteiger partial charge in [0.25, 0.3) is 0 Å². The molecule has 0 unspecified atom stereocenters. The lowest BCUT2D eigenvalue weighted by molar-refractivity contribution is 0.624. The number of nitrogens with one attached hydrogen (secondary N) is 1. The van der Waals surface area contributed by atoms with Crippen LogP contribution >= 0.6 is 0 Å². The van der Waals surface area contributed by atoms with Crippen LogP contribution in [0.2, 0.25) is 0 Å². The van der Waals surface area contributed by atoms with E-state index >= 15 is 0 Å². The molecule has 0 fully saturated rings. The number of hydrogen-bond donors (Lipinski definition) is 1. The van der Waals surface area contributed by atoms with Crippen molar-refractivity contribution in [2.75, 3.05) is 11.9 Å². The van der Waals surface area contributed by atoms with Gasteiger partial charge in [-0.1, -0.05) is 11.6 Å². The van der Waals surface area contributed by atoms with Crippen LogP contribution in [0.15, 0.2) is 30.0 Å². The fourth-order valence-electron chi connectivity index (χ4n) is 1.07. The summed E-state index contributed by atoms with van der Waals surface area (Å²) in [5.74, 6) is 0.0272. The zero-order valence-corrected chi connectivity index (χ0v) is 8.55. The molecule has 1 N–H and O–H groups in total. The highest BCUT2D eigenvalue weighted by molar-refractivity contribution is 5.35. The minimum Gasteiger partial charge on any atom is -0.367 e. The molecule has 1 aromatic rings. The molecule has 0 bridgehead atoms. The molecule has 1 aromatic heterocycles. The van der Waals surface area contributed by atoms with E-state index in [0.717, 1.165) is 6.42 Å². The van der Waals surface area contributed by atoms with E-state index in [0.29, 0.717) is 12.4 Å². The molecule has 2 nitrogen and oxygen atoms in total. The number of pyridine rings is 1. The van der Waals surface area contributed by atoms with Crippen molar-refractivity contribution in [2.45, 2.75) is 20.3 Å². The molecular weight excluding hydrogens is 179 g/mol. The average Bonchev–Trinajstić information content (AvgIpc) is 2.15. The lowest BCUT2D eigenvalue weighted by Gasteiger charge is -2.03. The van der Waals surface area contributed by atoms with Crippen LogP contribution in [0.3, 0.4) is 0 Å². The standard InChI is InChI=1S/C11H15FN2/c1-9(2)5-3-7-13-11-10(12)6-4-8-14-11/h4-6,8H,3,7H2,1-2H3,(H,13,14). The van der Waals surface area contributed by atoms with Gasteiger partial charge >= 0.3 is 0 Å². The molecule has 0 saturated carbocycles. The fourth-order valence-corrected chi connectivity index (χ4v) is 1.07. The van der Waals surface area contributed by atoms with E-state index in [9.17, 15) is 4.39 Å². The molecule has 76 valence electrons. The van der Waals surface area contributed by atoms with Crippen molar-refractivity contribution in [3.63, 3.8) is 0 Å². The molecule has 14 heavy (non-hydrogen) atoms. The molecule has 0 aliphatic heterocycles. The Balaban J connectivity index is 2.39. The Labute approximate surface area is 83.9 Å². The monoisotopic (exact) mass is 194 g/mol. The SMILES string of the molecule is CC(C)=CCCNc1ncccc1F. The first kappa shape index (κ1) is 10.7. The smallest absolute Gasteiger partial charge is 0.165 e. The van der Waals surface area contributed by atoms with E-state index in [1.54, 1.807) is 12.3 Å². The lowest BCUT2D eigenvalue weighted by Crippen LogP contribution is -2.04. The molecule has 1 rings (SSSR count). The lowest BCUT2D eigenvalue weighted by atomic mass is 10.3. The van der Waals surface area contributed by atoms with Crippen LogP contribution in [-0.2, 0) is 0 Å². The summed E-state index contributed by atoms with van der Waals surface area (Å²) < 4.78 is 13.0. The second-order valence-electron chi connectivity index (χ2n) is 3.33. The molecule has 0 aliphatic rings. The maximum Gasteiger partial charge on any atom is 0.165 e. The van der Waals surface area contributed by atoms with Gasteiger partial charge in [0, 0.05) is 12.7 Å². The summed E-state index contributed by atoms with van der Waals surface area (Å²) >= 11 is 0. The molecule has 0 radical (unpaired) electrons. The predicted molar refractivity (Wildman–Crippen MR) is 56.7 cm³/mol. The highest BCUT2D eigenvalue weighted by Gasteiger charge is 1.98. The number of anilines is 1. The van der Waals surface area contributed by atoms with Gasteiger partial charge in [-0.2, -0.15) is 0 Å². The summed E-state index contributed by atoms with van der Waals surface area (Å²) in [7, 11) is 0. The molecule has 0 saturated heterocycles. The van der Waals surface area contributed by atoms with E-state index in [1.807, 2.05) is 13.8 Å². The summed E-state index contributed by atoms with van der Waals surface area (Å²) in [6, 6.07) is 2.98. The van der Waals surface area contributed by atoms with Crippen LogP contribution in [0.1, 0.15) is 20.3 Å². The summed E-state index contributed by atoms with van der Waals surface area (Å²) in [6.45, 7) is 4.79. The molecule has 0 atom stereocenters. The van der Waals surface area contributed by atoms with Crippen molar-refractivity contribution in [1.82, 2.24) is 4.98 Å². The van der Waals surface area contributed by atoms with Crippen LogP contribution in [0.5, 0.6) is 0 Å².